The molecule has 226 valence electrons. The molecule has 43 heavy (non-hydrogen) atoms. The maximum absolute atomic E-state index is 13.6. The number of carbonyl (C=O) groups is 1. The van der Waals surface area contributed by atoms with E-state index in [4.69, 9.17) is 25.2 Å². The SMILES string of the molecule is C=C(F)C(=O)NCc1cnn(Cc2cc(OC)c3c(NS(=O)(=O)c4cc(CC)ccc4OCC(=N)N=NN)noc3c2)c1. The Morgan fingerprint density at radius 1 is 1.23 bits per heavy atom. The molecule has 1 amide bonds. The van der Waals surface area contributed by atoms with Crippen molar-refractivity contribution in [3.05, 3.63) is 71.8 Å². The Balaban J connectivity index is 1.59. The van der Waals surface area contributed by atoms with Gasteiger partial charge in [-0.2, -0.15) is 5.10 Å². The molecule has 0 saturated heterocycles. The lowest BCUT2D eigenvalue weighted by molar-refractivity contribution is -0.119. The second-order valence-electron chi connectivity index (χ2n) is 9.03. The number of nitrogens with zero attached hydrogens (tertiary/aromatic N) is 5. The number of nitrogens with one attached hydrogen (secondary N) is 3. The van der Waals surface area contributed by atoms with Gasteiger partial charge in [0.15, 0.2) is 23.1 Å². The van der Waals surface area contributed by atoms with Crippen LogP contribution in [-0.2, 0) is 34.3 Å². The summed E-state index contributed by atoms with van der Waals surface area (Å²) in [6.07, 6.45) is 3.75. The van der Waals surface area contributed by atoms with E-state index in [1.165, 1.54) is 25.4 Å². The Labute approximate surface area is 245 Å². The Kier molecular flexibility index (Phi) is 9.34. The lowest BCUT2D eigenvalue weighted by Gasteiger charge is -2.14. The van der Waals surface area contributed by atoms with Gasteiger partial charge in [-0.3, -0.25) is 19.6 Å². The molecule has 0 aliphatic heterocycles. The number of aryl methyl sites for hydroxylation is 1. The van der Waals surface area contributed by atoms with E-state index in [0.29, 0.717) is 17.5 Å². The third kappa shape index (κ3) is 7.31. The number of methoxy groups -OCH3 is 1. The van der Waals surface area contributed by atoms with E-state index in [-0.39, 0.29) is 58.7 Å². The summed E-state index contributed by atoms with van der Waals surface area (Å²) in [5.74, 6) is 2.82. The topological polar surface area (TPSA) is 212 Å². The van der Waals surface area contributed by atoms with Gasteiger partial charge in [0.1, 0.15) is 28.4 Å². The fourth-order valence-electron chi connectivity index (χ4n) is 3.99. The minimum absolute atomic E-state index is 0.0171. The summed E-state index contributed by atoms with van der Waals surface area (Å²) in [6, 6.07) is 7.99. The number of amidine groups is 1. The summed E-state index contributed by atoms with van der Waals surface area (Å²) in [4.78, 5) is 11.2. The van der Waals surface area contributed by atoms with Crippen LogP contribution in [0, 0.1) is 5.41 Å². The standard InChI is InChI=1S/C26H28FN9O6S/c1-4-16-5-6-19(41-14-23(28)32-35-29)22(9-16)43(38,39)34-25-24-20(40-3)7-17(8-21(24)42-33-25)12-36-13-18(11-31-36)10-30-26(37)15(2)27/h5-9,11,13H,2,4,10,12,14H2,1,3H3,(H,30,37)(H,33,34)(H3,28,29,32). The minimum Gasteiger partial charge on any atom is -0.496 e. The molecule has 0 bridgehead atoms. The van der Waals surface area contributed by atoms with Gasteiger partial charge >= 0.3 is 0 Å². The summed E-state index contributed by atoms with van der Waals surface area (Å²) < 4.78 is 60.5. The molecule has 2 aromatic heterocycles. The zero-order chi connectivity index (χ0) is 31.1. The first-order chi connectivity index (χ1) is 20.5. The zero-order valence-electron chi connectivity index (χ0n) is 23.1. The summed E-state index contributed by atoms with van der Waals surface area (Å²) in [5.41, 5.74) is 2.30. The summed E-state index contributed by atoms with van der Waals surface area (Å²) >= 11 is 0. The van der Waals surface area contributed by atoms with Gasteiger partial charge in [-0.05, 0) is 41.8 Å². The lowest BCUT2D eigenvalue weighted by atomic mass is 10.1. The molecule has 0 fully saturated rings. The van der Waals surface area contributed by atoms with Crippen LogP contribution in [0.4, 0.5) is 10.2 Å². The molecule has 0 aliphatic rings. The number of anilines is 1. The third-order valence-electron chi connectivity index (χ3n) is 6.03. The second-order valence-corrected chi connectivity index (χ2v) is 10.7. The Morgan fingerprint density at radius 2 is 2.02 bits per heavy atom. The number of hydrogen-bond acceptors (Lipinski definition) is 10. The Bertz CT molecular complexity index is 1820. The van der Waals surface area contributed by atoms with E-state index in [2.05, 4.69) is 37.2 Å². The van der Waals surface area contributed by atoms with Crippen molar-refractivity contribution in [2.45, 2.75) is 31.3 Å². The van der Waals surface area contributed by atoms with Crippen LogP contribution in [0.3, 0.4) is 0 Å². The van der Waals surface area contributed by atoms with Crippen LogP contribution in [0.15, 0.2) is 74.9 Å². The van der Waals surface area contributed by atoms with Crippen molar-refractivity contribution in [3.8, 4) is 11.5 Å². The van der Waals surface area contributed by atoms with Gasteiger partial charge in [0.05, 0.1) is 19.9 Å². The van der Waals surface area contributed by atoms with Crippen LogP contribution in [0.5, 0.6) is 11.5 Å². The lowest BCUT2D eigenvalue weighted by Crippen LogP contribution is -2.22. The van der Waals surface area contributed by atoms with E-state index in [0.717, 1.165) is 5.56 Å². The highest BCUT2D eigenvalue weighted by Gasteiger charge is 2.25. The molecule has 0 aliphatic carbocycles. The molecule has 2 heterocycles. The molecule has 0 radical (unpaired) electrons. The van der Waals surface area contributed by atoms with Crippen molar-refractivity contribution in [2.75, 3.05) is 18.4 Å². The monoisotopic (exact) mass is 613 g/mol. The first kappa shape index (κ1) is 30.6. The quantitative estimate of drug-likeness (QED) is 0.0434. The number of hydrogen-bond donors (Lipinski definition) is 4. The van der Waals surface area contributed by atoms with Crippen molar-refractivity contribution in [1.82, 2.24) is 20.3 Å². The number of ether oxygens (including phenoxy) is 2. The highest BCUT2D eigenvalue weighted by molar-refractivity contribution is 7.92. The molecular weight excluding hydrogens is 585 g/mol. The highest BCUT2D eigenvalue weighted by Crippen LogP contribution is 2.36. The fourth-order valence-corrected chi connectivity index (χ4v) is 5.19. The first-order valence-corrected chi connectivity index (χ1v) is 14.1. The van der Waals surface area contributed by atoms with E-state index in [1.54, 1.807) is 29.1 Å². The molecule has 0 atom stereocenters. The number of nitrogens with two attached hydrogens (primary N) is 1. The maximum atomic E-state index is 13.6. The number of sulfonamides is 1. The van der Waals surface area contributed by atoms with Crippen molar-refractivity contribution in [3.63, 3.8) is 0 Å². The van der Waals surface area contributed by atoms with Crippen LogP contribution >= 0.6 is 0 Å². The van der Waals surface area contributed by atoms with E-state index in [1.807, 2.05) is 6.92 Å². The summed E-state index contributed by atoms with van der Waals surface area (Å²) in [7, 11) is -2.85. The molecule has 17 heteroatoms. The molecule has 4 rings (SSSR count). The van der Waals surface area contributed by atoms with Crippen molar-refractivity contribution in [2.24, 2.45) is 16.2 Å². The number of halogens is 1. The maximum Gasteiger partial charge on any atom is 0.279 e. The van der Waals surface area contributed by atoms with Crippen molar-refractivity contribution < 1.29 is 31.6 Å². The van der Waals surface area contributed by atoms with Gasteiger partial charge < -0.3 is 25.2 Å². The van der Waals surface area contributed by atoms with Crippen LogP contribution < -0.4 is 25.4 Å². The van der Waals surface area contributed by atoms with E-state index < -0.39 is 21.8 Å². The van der Waals surface area contributed by atoms with Gasteiger partial charge in [-0.25, -0.2) is 12.8 Å². The predicted octanol–water partition coefficient (Wildman–Crippen LogP) is 3.23. The third-order valence-corrected chi connectivity index (χ3v) is 7.39. The normalized spacial score (nSPS) is 11.5. The van der Waals surface area contributed by atoms with Crippen LogP contribution in [0.2, 0.25) is 0 Å². The molecule has 0 unspecified atom stereocenters. The van der Waals surface area contributed by atoms with Gasteiger partial charge in [0.25, 0.3) is 15.9 Å². The molecular formula is C26H28FN9O6S. The Morgan fingerprint density at radius 3 is 2.72 bits per heavy atom. The van der Waals surface area contributed by atoms with Crippen LogP contribution in [0.25, 0.3) is 11.0 Å². The zero-order valence-corrected chi connectivity index (χ0v) is 23.9. The van der Waals surface area contributed by atoms with E-state index in [9.17, 15) is 17.6 Å². The first-order valence-electron chi connectivity index (χ1n) is 12.6. The van der Waals surface area contributed by atoms with Crippen LogP contribution in [-0.4, -0.2) is 48.8 Å². The van der Waals surface area contributed by atoms with Crippen molar-refractivity contribution >= 4 is 38.6 Å². The minimum atomic E-state index is -4.27. The highest BCUT2D eigenvalue weighted by atomic mass is 32.2. The largest absolute Gasteiger partial charge is 0.496 e. The molecule has 5 N–H and O–H groups in total. The smallest absolute Gasteiger partial charge is 0.279 e. The average molecular weight is 614 g/mol. The number of carbonyl (C=O) groups excluding carboxylic acids is 1. The fraction of sp³-hybridized carbons (Fsp3) is 0.231. The molecule has 15 nitrogen and oxygen atoms in total. The predicted molar refractivity (Wildman–Crippen MR) is 153 cm³/mol. The number of rotatable bonds is 13. The number of amides is 1. The summed E-state index contributed by atoms with van der Waals surface area (Å²) in [6.45, 7) is 4.78. The van der Waals surface area contributed by atoms with Crippen molar-refractivity contribution in [1.29, 1.82) is 5.41 Å². The molecule has 2 aromatic carbocycles. The second kappa shape index (κ2) is 13.1. The number of aromatic nitrogens is 3. The summed E-state index contributed by atoms with van der Waals surface area (Å²) in [5, 5.41) is 24.9. The van der Waals surface area contributed by atoms with Gasteiger partial charge in [0.2, 0.25) is 0 Å². The van der Waals surface area contributed by atoms with Gasteiger partial charge in [-0.15, -0.1) is 5.11 Å². The molecule has 4 aromatic rings. The average Bonchev–Trinajstić information content (AvgIpc) is 3.60. The van der Waals surface area contributed by atoms with Gasteiger partial charge in [-0.1, -0.05) is 29.9 Å². The molecule has 0 saturated carbocycles. The van der Waals surface area contributed by atoms with E-state index >= 15 is 0 Å². The number of fused-ring (bicyclic) bond motifs is 1. The van der Waals surface area contributed by atoms with Gasteiger partial charge in [0, 0.05) is 18.3 Å². The Hall–Kier alpha value is -5.32. The molecule has 0 spiro atoms. The number of benzene rings is 2. The van der Waals surface area contributed by atoms with Crippen LogP contribution in [0.1, 0.15) is 23.6 Å².